The number of hydrogen-bond acceptors (Lipinski definition) is 13. The molecule has 0 aromatic rings. The van der Waals surface area contributed by atoms with Crippen LogP contribution in [-0.4, -0.2) is 100 Å². The quantitative estimate of drug-likeness (QED) is 0.150. The third-order valence-corrected chi connectivity index (χ3v) is 10.2. The molecule has 2 aliphatic carbocycles. The van der Waals surface area contributed by atoms with Gasteiger partial charge in [0.05, 0.1) is 12.3 Å². The standard InChI is InChI=1S/C16H18N2O9S.C14H19NO3.CH5N.CH4.Na/c19-12-5-6-13(20)17(12)8-9-1-3-10(4-2-9)16(23)27-18-14(21)7-11(15(18)22)28(24,25)26;1-2-12(16)11-5-3-10(4-6-11)9-15-13(17)7-8-14(15)18;1-2;;/h5-6,9-11H,1-4,7-8H2,(H,24,25,26);7-8,10-11H,2-6,9H2,1H3;2H2,1H3;1H4;/q;;;;+1/p-1. The number of Topliss-reactive ketones (excluding diaryl/α,β-unsaturated/α-hetero) is 1. The molecular weight excluding hydrogens is 687 g/mol. The van der Waals surface area contributed by atoms with Crippen molar-refractivity contribution in [2.75, 3.05) is 20.1 Å². The SMILES string of the molecule is C.CCC(=O)C1CCC(CN2C(=O)C=CC2=O)CC1.CN.O=C(ON1C(=O)CC(S(=O)(=O)[O-])C1=O)C1CCC(CN2C(=O)C=CC2=O)CC1.[Na+]. The predicted molar refractivity (Wildman–Crippen MR) is 171 cm³/mol. The first-order valence-electron chi connectivity index (χ1n) is 15.9. The fourth-order valence-electron chi connectivity index (χ4n) is 6.34. The largest absolute Gasteiger partial charge is 1.00 e. The van der Waals surface area contributed by atoms with Crippen LogP contribution >= 0.6 is 0 Å². The summed E-state index contributed by atoms with van der Waals surface area (Å²) in [4.78, 5) is 101. The molecule has 0 bridgehead atoms. The van der Waals surface area contributed by atoms with Crippen molar-refractivity contribution in [2.45, 2.75) is 83.8 Å². The van der Waals surface area contributed by atoms with Gasteiger partial charge in [-0.25, -0.2) is 13.2 Å². The summed E-state index contributed by atoms with van der Waals surface area (Å²) in [6, 6.07) is 0. The van der Waals surface area contributed by atoms with Crippen LogP contribution < -0.4 is 35.3 Å². The molecule has 16 nitrogen and oxygen atoms in total. The fraction of sp³-hybridized carbons (Fsp3) is 0.625. The Morgan fingerprint density at radius 2 is 1.14 bits per heavy atom. The topological polar surface area (TPSA) is 239 Å². The smallest absolute Gasteiger partial charge is 0.747 e. The summed E-state index contributed by atoms with van der Waals surface area (Å²) >= 11 is 0. The minimum atomic E-state index is -5.02. The van der Waals surface area contributed by atoms with E-state index >= 15 is 0 Å². The van der Waals surface area contributed by atoms with Gasteiger partial charge in [-0.05, 0) is 70.3 Å². The summed E-state index contributed by atoms with van der Waals surface area (Å²) in [6.07, 6.45) is 10.3. The van der Waals surface area contributed by atoms with Crippen LogP contribution in [0.1, 0.15) is 78.6 Å². The molecule has 2 N–H and O–H groups in total. The second-order valence-electron chi connectivity index (χ2n) is 12.1. The number of nitrogens with two attached hydrogens (primary N) is 1. The summed E-state index contributed by atoms with van der Waals surface area (Å²) < 4.78 is 33.0. The summed E-state index contributed by atoms with van der Waals surface area (Å²) in [5.74, 6) is -4.13. The van der Waals surface area contributed by atoms with Crippen molar-refractivity contribution in [1.29, 1.82) is 0 Å². The van der Waals surface area contributed by atoms with E-state index in [1.807, 2.05) is 6.92 Å². The molecule has 2 saturated carbocycles. The zero-order valence-electron chi connectivity index (χ0n) is 27.9. The van der Waals surface area contributed by atoms with E-state index in [0.717, 1.165) is 30.6 Å². The number of hydrogen-bond donors (Lipinski definition) is 1. The maximum absolute atomic E-state index is 12.2. The molecule has 5 aliphatic rings. The normalized spacial score (nSPS) is 26.1. The molecule has 0 aromatic carbocycles. The van der Waals surface area contributed by atoms with Gasteiger partial charge in [-0.1, -0.05) is 14.4 Å². The van der Waals surface area contributed by atoms with E-state index in [2.05, 4.69) is 5.73 Å². The predicted octanol–water partition coefficient (Wildman–Crippen LogP) is -2.24. The van der Waals surface area contributed by atoms with Crippen molar-refractivity contribution in [1.82, 2.24) is 14.9 Å². The third kappa shape index (κ3) is 11.5. The Labute approximate surface area is 314 Å². The number of rotatable bonds is 9. The van der Waals surface area contributed by atoms with E-state index in [-0.39, 0.29) is 84.1 Å². The van der Waals surface area contributed by atoms with Gasteiger partial charge >= 0.3 is 35.5 Å². The molecule has 50 heavy (non-hydrogen) atoms. The molecule has 1 atom stereocenters. The Morgan fingerprint density at radius 3 is 1.48 bits per heavy atom. The van der Waals surface area contributed by atoms with E-state index in [4.69, 9.17) is 4.84 Å². The molecule has 1 unspecified atom stereocenters. The van der Waals surface area contributed by atoms with Crippen molar-refractivity contribution < 1.29 is 85.7 Å². The molecule has 0 radical (unpaired) electrons. The van der Waals surface area contributed by atoms with Gasteiger partial charge in [0, 0.05) is 49.7 Å². The zero-order chi connectivity index (χ0) is 35.8. The van der Waals surface area contributed by atoms with Crippen LogP contribution in [-0.2, 0) is 53.3 Å². The Bertz CT molecular complexity index is 1450. The Kier molecular flexibility index (Phi) is 18.0. The summed E-state index contributed by atoms with van der Waals surface area (Å²) in [7, 11) is -3.52. The van der Waals surface area contributed by atoms with Crippen LogP contribution in [0.2, 0.25) is 0 Å². The number of amides is 6. The van der Waals surface area contributed by atoms with E-state index in [1.54, 1.807) is 0 Å². The van der Waals surface area contributed by atoms with Gasteiger partial charge in [0.25, 0.3) is 35.4 Å². The maximum Gasteiger partial charge on any atom is 1.00 e. The van der Waals surface area contributed by atoms with Crippen molar-refractivity contribution in [3.05, 3.63) is 24.3 Å². The molecule has 3 fully saturated rings. The number of carbonyl (C=O) groups excluding carboxylic acids is 8. The first kappa shape index (κ1) is 44.9. The average Bonchev–Trinajstić information content (AvgIpc) is 3.67. The minimum absolute atomic E-state index is 0. The van der Waals surface area contributed by atoms with E-state index < -0.39 is 45.5 Å². The molecule has 5 rings (SSSR count). The molecule has 1 saturated heterocycles. The molecule has 0 aromatic heterocycles. The molecular formula is C32H45N4NaO12S. The number of hydroxylamine groups is 2. The van der Waals surface area contributed by atoms with Crippen molar-refractivity contribution >= 4 is 57.3 Å². The molecule has 6 amide bonds. The fourth-order valence-corrected chi connectivity index (χ4v) is 7.03. The minimum Gasteiger partial charge on any atom is -0.747 e. The Hall–Kier alpha value is -3.09. The van der Waals surface area contributed by atoms with Gasteiger partial charge in [0.2, 0.25) is 0 Å². The summed E-state index contributed by atoms with van der Waals surface area (Å²) in [6.45, 7) is 2.66. The molecule has 3 heterocycles. The van der Waals surface area contributed by atoms with Crippen LogP contribution in [0.5, 0.6) is 0 Å². The van der Waals surface area contributed by atoms with Crippen LogP contribution in [0.4, 0.5) is 0 Å². The van der Waals surface area contributed by atoms with E-state index in [1.165, 1.54) is 36.3 Å². The second-order valence-corrected chi connectivity index (χ2v) is 13.7. The number of carbonyl (C=O) groups is 8. The molecule has 18 heteroatoms. The van der Waals surface area contributed by atoms with Crippen LogP contribution in [0, 0.1) is 23.7 Å². The zero-order valence-corrected chi connectivity index (χ0v) is 30.7. The van der Waals surface area contributed by atoms with Gasteiger partial charge in [0.1, 0.15) is 21.2 Å². The first-order valence-corrected chi connectivity index (χ1v) is 17.4. The van der Waals surface area contributed by atoms with Crippen LogP contribution in [0.15, 0.2) is 24.3 Å². The number of imide groups is 3. The molecule has 272 valence electrons. The Balaban J connectivity index is 0.000000495. The van der Waals surface area contributed by atoms with Gasteiger partial charge in [-0.3, -0.25) is 43.4 Å². The van der Waals surface area contributed by atoms with Crippen molar-refractivity contribution in [3.8, 4) is 0 Å². The van der Waals surface area contributed by atoms with E-state index in [0.29, 0.717) is 50.4 Å². The number of nitrogens with zero attached hydrogens (tertiary/aromatic N) is 3. The van der Waals surface area contributed by atoms with Crippen LogP contribution in [0.25, 0.3) is 0 Å². The van der Waals surface area contributed by atoms with E-state index in [9.17, 15) is 51.3 Å². The third-order valence-electron chi connectivity index (χ3n) is 9.11. The van der Waals surface area contributed by atoms with Crippen molar-refractivity contribution in [3.63, 3.8) is 0 Å². The van der Waals surface area contributed by atoms with Crippen LogP contribution in [0.3, 0.4) is 0 Å². The molecule has 0 spiro atoms. The monoisotopic (exact) mass is 732 g/mol. The molecule has 3 aliphatic heterocycles. The summed E-state index contributed by atoms with van der Waals surface area (Å²) in [5, 5.41) is -2.02. The summed E-state index contributed by atoms with van der Waals surface area (Å²) in [5.41, 5.74) is 4.50. The maximum atomic E-state index is 12.2. The first-order chi connectivity index (χ1) is 22.7. The van der Waals surface area contributed by atoms with Crippen molar-refractivity contribution in [2.24, 2.45) is 29.4 Å². The number of ketones is 1. The van der Waals surface area contributed by atoms with Gasteiger partial charge < -0.3 is 15.1 Å². The average molecular weight is 733 g/mol. The van der Waals surface area contributed by atoms with Gasteiger partial charge in [0.15, 0.2) is 0 Å². The second kappa shape index (κ2) is 20.1. The Morgan fingerprint density at radius 1 is 0.760 bits per heavy atom. The van der Waals surface area contributed by atoms with Gasteiger partial charge in [-0.15, -0.1) is 5.06 Å². The van der Waals surface area contributed by atoms with Gasteiger partial charge in [-0.2, -0.15) is 0 Å².